The van der Waals surface area contributed by atoms with Crippen LogP contribution in [-0.2, 0) is 0 Å². The number of rotatable bonds is 2. The summed E-state index contributed by atoms with van der Waals surface area (Å²) < 4.78 is 0. The first-order valence-corrected chi connectivity index (χ1v) is 10.2. The van der Waals surface area contributed by atoms with Crippen LogP contribution in [0.3, 0.4) is 0 Å². The second-order valence-electron chi connectivity index (χ2n) is 9.56. The lowest BCUT2D eigenvalue weighted by Gasteiger charge is -2.56. The Morgan fingerprint density at radius 1 is 1.23 bits per heavy atom. The molecule has 0 radical (unpaired) electrons. The second kappa shape index (κ2) is 4.85. The summed E-state index contributed by atoms with van der Waals surface area (Å²) in [6.45, 7) is 7.79. The molecule has 22 heavy (non-hydrogen) atoms. The van der Waals surface area contributed by atoms with E-state index in [1.807, 2.05) is 5.57 Å². The van der Waals surface area contributed by atoms with E-state index in [1.165, 1.54) is 38.5 Å². The molecule has 3 saturated carbocycles. The molecule has 1 nitrogen and oxygen atoms in total. The molecule has 0 saturated heterocycles. The first-order valence-electron chi connectivity index (χ1n) is 9.29. The van der Waals surface area contributed by atoms with Gasteiger partial charge >= 0.3 is 0 Å². The number of aliphatic hydroxyl groups excluding tert-OH is 1. The molecule has 0 bridgehead atoms. The summed E-state index contributed by atoms with van der Waals surface area (Å²) in [5, 5.41) is 9.59. The van der Waals surface area contributed by atoms with Gasteiger partial charge in [0.05, 0.1) is 6.61 Å². The summed E-state index contributed by atoms with van der Waals surface area (Å²) in [7, 11) is 0. The number of halogens is 1. The van der Waals surface area contributed by atoms with Crippen LogP contribution < -0.4 is 0 Å². The van der Waals surface area contributed by atoms with E-state index in [2.05, 4.69) is 42.8 Å². The molecule has 0 heterocycles. The molecule has 0 spiro atoms. The number of hydrogen-bond donors (Lipinski definition) is 1. The van der Waals surface area contributed by atoms with Gasteiger partial charge in [-0.05, 0) is 78.9 Å². The Hall–Kier alpha value is 0.180. The van der Waals surface area contributed by atoms with Crippen molar-refractivity contribution in [2.75, 3.05) is 6.61 Å². The topological polar surface area (TPSA) is 20.2 Å². The molecule has 0 aromatic carbocycles. The van der Waals surface area contributed by atoms with E-state index in [1.54, 1.807) is 0 Å². The first-order chi connectivity index (χ1) is 10.3. The fourth-order valence-electron chi connectivity index (χ4n) is 6.77. The molecule has 0 aromatic rings. The fraction of sp³-hybridized carbons (Fsp3) is 0.900. The maximum Gasteiger partial charge on any atom is 0.0561 e. The Bertz CT molecular complexity index is 514. The molecule has 4 aliphatic rings. The van der Waals surface area contributed by atoms with Crippen LogP contribution >= 0.6 is 15.9 Å². The largest absolute Gasteiger partial charge is 0.395 e. The quantitative estimate of drug-likeness (QED) is 0.517. The van der Waals surface area contributed by atoms with Crippen molar-refractivity contribution in [3.63, 3.8) is 0 Å². The van der Waals surface area contributed by atoms with Crippen LogP contribution in [0, 0.1) is 34.0 Å². The van der Waals surface area contributed by atoms with Crippen molar-refractivity contribution in [2.24, 2.45) is 34.0 Å². The minimum atomic E-state index is 0.229. The molecule has 1 N–H and O–H groups in total. The minimum absolute atomic E-state index is 0.229. The highest BCUT2D eigenvalue weighted by molar-refractivity contribution is 9.09. The zero-order valence-corrected chi connectivity index (χ0v) is 16.0. The lowest BCUT2D eigenvalue weighted by molar-refractivity contribution is 0.0240. The summed E-state index contributed by atoms with van der Waals surface area (Å²) in [4.78, 5) is 0.236. The highest BCUT2D eigenvalue weighted by Gasteiger charge is 2.65. The maximum atomic E-state index is 9.59. The van der Waals surface area contributed by atoms with Gasteiger partial charge in [0, 0.05) is 4.83 Å². The molecule has 7 atom stereocenters. The Balaban J connectivity index is 1.65. The van der Waals surface area contributed by atoms with Gasteiger partial charge in [-0.3, -0.25) is 0 Å². The van der Waals surface area contributed by atoms with Gasteiger partial charge in [0.1, 0.15) is 0 Å². The molecule has 4 aliphatic carbocycles. The average Bonchev–Trinajstić information content (AvgIpc) is 3.17. The van der Waals surface area contributed by atoms with Crippen molar-refractivity contribution in [1.82, 2.24) is 0 Å². The summed E-state index contributed by atoms with van der Waals surface area (Å²) >= 11 is 3.74. The van der Waals surface area contributed by atoms with Gasteiger partial charge in [-0.1, -0.05) is 48.4 Å². The molecular formula is C20H31BrO. The third kappa shape index (κ3) is 1.98. The summed E-state index contributed by atoms with van der Waals surface area (Å²) in [6.07, 6.45) is 12.2. The lowest BCUT2D eigenvalue weighted by Crippen LogP contribution is -2.47. The van der Waals surface area contributed by atoms with E-state index in [0.29, 0.717) is 10.8 Å². The van der Waals surface area contributed by atoms with Gasteiger partial charge in [-0.2, -0.15) is 0 Å². The summed E-state index contributed by atoms with van der Waals surface area (Å²) in [5.74, 6) is 2.74. The van der Waals surface area contributed by atoms with E-state index in [4.69, 9.17) is 0 Å². The normalized spacial score (nSPS) is 54.6. The van der Waals surface area contributed by atoms with Crippen LogP contribution in [0.5, 0.6) is 0 Å². The van der Waals surface area contributed by atoms with Crippen LogP contribution in [-0.4, -0.2) is 16.5 Å². The SMILES string of the molecule is CC12CC[C@@H]3C[C@]3(C)[C@H]1CCC1C[C@@](C)([C@@H](Br)CO)CC=C12. The Morgan fingerprint density at radius 3 is 2.73 bits per heavy atom. The van der Waals surface area contributed by atoms with Crippen molar-refractivity contribution < 1.29 is 5.11 Å². The lowest BCUT2D eigenvalue weighted by atomic mass is 9.49. The zero-order chi connectivity index (χ0) is 15.8. The van der Waals surface area contributed by atoms with E-state index in [0.717, 1.165) is 24.2 Å². The Morgan fingerprint density at radius 2 is 2.00 bits per heavy atom. The summed E-state index contributed by atoms with van der Waals surface area (Å²) in [6, 6.07) is 0. The number of alkyl halides is 1. The van der Waals surface area contributed by atoms with Crippen LogP contribution in [0.4, 0.5) is 0 Å². The third-order valence-corrected chi connectivity index (χ3v) is 9.75. The Labute approximate surface area is 144 Å². The van der Waals surface area contributed by atoms with E-state index in [9.17, 15) is 5.11 Å². The van der Waals surface area contributed by atoms with E-state index in [-0.39, 0.29) is 16.8 Å². The van der Waals surface area contributed by atoms with E-state index >= 15 is 0 Å². The second-order valence-corrected chi connectivity index (χ2v) is 10.7. The van der Waals surface area contributed by atoms with Crippen molar-refractivity contribution in [3.8, 4) is 0 Å². The average molecular weight is 367 g/mol. The van der Waals surface area contributed by atoms with Gasteiger partial charge in [-0.15, -0.1) is 0 Å². The van der Waals surface area contributed by atoms with Crippen LogP contribution in [0.2, 0.25) is 0 Å². The van der Waals surface area contributed by atoms with Crippen molar-refractivity contribution in [2.45, 2.75) is 70.5 Å². The molecule has 2 unspecified atom stereocenters. The third-order valence-electron chi connectivity index (χ3n) is 8.36. The van der Waals surface area contributed by atoms with Crippen LogP contribution in [0.15, 0.2) is 11.6 Å². The molecular weight excluding hydrogens is 336 g/mol. The first kappa shape index (κ1) is 15.7. The predicted molar refractivity (Wildman–Crippen MR) is 95.0 cm³/mol. The van der Waals surface area contributed by atoms with Gasteiger partial charge < -0.3 is 5.11 Å². The molecule has 0 amide bonds. The monoisotopic (exact) mass is 366 g/mol. The molecule has 0 aromatic heterocycles. The number of hydrogen-bond acceptors (Lipinski definition) is 1. The number of allylic oxidation sites excluding steroid dienone is 2. The minimum Gasteiger partial charge on any atom is -0.395 e. The predicted octanol–water partition coefficient (Wildman–Crippen LogP) is 5.32. The van der Waals surface area contributed by atoms with Gasteiger partial charge in [0.15, 0.2) is 0 Å². The number of fused-ring (bicyclic) bond motifs is 5. The molecule has 124 valence electrons. The Kier molecular flexibility index (Phi) is 3.46. The van der Waals surface area contributed by atoms with Gasteiger partial charge in [0.25, 0.3) is 0 Å². The molecule has 4 rings (SSSR count). The standard InChI is InChI=1S/C20H31BrO/c1-18(17(21)12-22)8-7-15-13(10-18)4-5-16-19(15,2)9-6-14-11-20(14,16)3/h7,13-14,16-17,22H,4-6,8-12H2,1-3H3/t13?,14-,16+,17+,18+,19?,20+/m1/s1. The van der Waals surface area contributed by atoms with Crippen molar-refractivity contribution in [1.29, 1.82) is 0 Å². The van der Waals surface area contributed by atoms with Crippen molar-refractivity contribution in [3.05, 3.63) is 11.6 Å². The summed E-state index contributed by atoms with van der Waals surface area (Å²) in [5.41, 5.74) is 3.19. The molecule has 0 aliphatic heterocycles. The molecule has 3 fully saturated rings. The highest BCUT2D eigenvalue weighted by atomic mass is 79.9. The van der Waals surface area contributed by atoms with E-state index < -0.39 is 0 Å². The van der Waals surface area contributed by atoms with Gasteiger partial charge in [-0.25, -0.2) is 0 Å². The number of aliphatic hydroxyl groups is 1. The fourth-order valence-corrected chi connectivity index (χ4v) is 7.14. The molecule has 2 heteroatoms. The van der Waals surface area contributed by atoms with Crippen molar-refractivity contribution >= 4 is 15.9 Å². The smallest absolute Gasteiger partial charge is 0.0561 e. The van der Waals surface area contributed by atoms with Crippen LogP contribution in [0.1, 0.15) is 65.7 Å². The highest BCUT2D eigenvalue weighted by Crippen LogP contribution is 2.73. The zero-order valence-electron chi connectivity index (χ0n) is 14.4. The van der Waals surface area contributed by atoms with Gasteiger partial charge in [0.2, 0.25) is 0 Å². The maximum absolute atomic E-state index is 9.59. The van der Waals surface area contributed by atoms with Crippen LogP contribution in [0.25, 0.3) is 0 Å².